The van der Waals surface area contributed by atoms with Gasteiger partial charge in [-0.1, -0.05) is 65.7 Å². The van der Waals surface area contributed by atoms with Gasteiger partial charge in [0.05, 0.1) is 29.4 Å². The number of hydrogen-bond acceptors (Lipinski definition) is 7. The number of pyridine rings is 2. The largest absolute Gasteiger partial charge is 0.481 e. The summed E-state index contributed by atoms with van der Waals surface area (Å²) in [6.45, 7) is -0.325. The molecule has 0 aliphatic carbocycles. The predicted molar refractivity (Wildman–Crippen MR) is 183 cm³/mol. The van der Waals surface area contributed by atoms with Crippen LogP contribution in [0, 0.1) is 0 Å². The number of aromatic nitrogens is 3. The van der Waals surface area contributed by atoms with Gasteiger partial charge in [-0.25, -0.2) is 9.97 Å². The van der Waals surface area contributed by atoms with E-state index < -0.39 is 18.3 Å². The molecule has 6 rings (SSSR count). The third-order valence-corrected chi connectivity index (χ3v) is 9.03. The van der Waals surface area contributed by atoms with Crippen molar-refractivity contribution in [1.29, 1.82) is 0 Å². The Morgan fingerprint density at radius 3 is 2.33 bits per heavy atom. The molecule has 14 heteroatoms. The first-order valence-corrected chi connectivity index (χ1v) is 16.2. The number of carbonyl (C=O) groups is 1. The Bertz CT molecular complexity index is 2090. The van der Waals surface area contributed by atoms with Gasteiger partial charge in [0.2, 0.25) is 11.8 Å². The highest BCUT2D eigenvalue weighted by atomic mass is 35.5. The summed E-state index contributed by atoms with van der Waals surface area (Å²) in [6, 6.07) is 18.4. The molecule has 1 atom stereocenters. The zero-order valence-corrected chi connectivity index (χ0v) is 27.7. The zero-order valence-electron chi connectivity index (χ0n) is 26.2. The number of nitrogens with zero attached hydrogens (tertiary/aromatic N) is 3. The first-order chi connectivity index (χ1) is 23.5. The van der Waals surface area contributed by atoms with Gasteiger partial charge in [-0.3, -0.25) is 14.0 Å². The summed E-state index contributed by atoms with van der Waals surface area (Å²) < 4.78 is 44.5. The van der Waals surface area contributed by atoms with E-state index in [-0.39, 0.29) is 24.1 Å². The first kappa shape index (κ1) is 34.4. The molecule has 0 saturated carbocycles. The van der Waals surface area contributed by atoms with Crippen molar-refractivity contribution < 1.29 is 22.7 Å². The van der Waals surface area contributed by atoms with E-state index in [2.05, 4.69) is 20.9 Å². The molecule has 3 aromatic heterocycles. The average molecular weight is 712 g/mol. The maximum Gasteiger partial charge on any atom is 0.401 e. The molecule has 1 unspecified atom stereocenters. The lowest BCUT2D eigenvalue weighted by Gasteiger charge is -2.16. The van der Waals surface area contributed by atoms with E-state index in [1.807, 2.05) is 48.5 Å². The van der Waals surface area contributed by atoms with Crippen LogP contribution in [-0.2, 0) is 17.9 Å². The fourth-order valence-electron chi connectivity index (χ4n) is 5.78. The fraction of sp³-hybridized carbons (Fsp3) is 0.257. The van der Waals surface area contributed by atoms with E-state index in [9.17, 15) is 22.8 Å². The molecule has 1 fully saturated rings. The molecule has 3 N–H and O–H groups in total. The zero-order chi connectivity index (χ0) is 34.7. The van der Waals surface area contributed by atoms with Crippen molar-refractivity contribution in [2.45, 2.75) is 38.1 Å². The van der Waals surface area contributed by atoms with Crippen LogP contribution in [0.3, 0.4) is 0 Å². The Morgan fingerprint density at radius 2 is 1.63 bits per heavy atom. The van der Waals surface area contributed by atoms with Crippen LogP contribution in [0.1, 0.15) is 24.0 Å². The van der Waals surface area contributed by atoms with Gasteiger partial charge < -0.3 is 20.7 Å². The molecule has 0 radical (unpaired) electrons. The van der Waals surface area contributed by atoms with Crippen LogP contribution >= 0.6 is 23.2 Å². The number of rotatable bonds is 11. The predicted octanol–water partition coefficient (Wildman–Crippen LogP) is 6.43. The summed E-state index contributed by atoms with van der Waals surface area (Å²) in [5, 5.41) is 9.40. The van der Waals surface area contributed by atoms with Crippen molar-refractivity contribution in [2.75, 3.05) is 20.2 Å². The molecule has 254 valence electrons. The van der Waals surface area contributed by atoms with Gasteiger partial charge in [0.25, 0.3) is 5.56 Å². The van der Waals surface area contributed by atoms with Crippen LogP contribution in [0.15, 0.2) is 77.9 Å². The number of alkyl halides is 3. The van der Waals surface area contributed by atoms with E-state index >= 15 is 0 Å². The van der Waals surface area contributed by atoms with Crippen LogP contribution in [0.4, 0.5) is 13.2 Å². The minimum atomic E-state index is -4.39. The van der Waals surface area contributed by atoms with E-state index in [0.717, 1.165) is 12.0 Å². The topological polar surface area (TPSA) is 110 Å². The van der Waals surface area contributed by atoms with Gasteiger partial charge in [0.1, 0.15) is 5.65 Å². The smallest absolute Gasteiger partial charge is 0.401 e. The Kier molecular flexibility index (Phi) is 10.2. The summed E-state index contributed by atoms with van der Waals surface area (Å²) in [7, 11) is 1.56. The van der Waals surface area contributed by atoms with Gasteiger partial charge in [0.15, 0.2) is 0 Å². The molecule has 0 bridgehead atoms. The quantitative estimate of drug-likeness (QED) is 0.145. The van der Waals surface area contributed by atoms with Crippen LogP contribution in [0.2, 0.25) is 10.0 Å². The van der Waals surface area contributed by atoms with E-state index in [1.54, 1.807) is 19.2 Å². The third kappa shape index (κ3) is 7.73. The lowest BCUT2D eigenvalue weighted by molar-refractivity contribution is -0.125. The summed E-state index contributed by atoms with van der Waals surface area (Å²) in [4.78, 5) is 33.5. The molecule has 1 aliphatic heterocycles. The molecule has 9 nitrogen and oxygen atoms in total. The maximum absolute atomic E-state index is 12.9. The number of amides is 1. The van der Waals surface area contributed by atoms with Gasteiger partial charge in [-0.05, 0) is 30.2 Å². The Morgan fingerprint density at radius 1 is 0.939 bits per heavy atom. The number of carbonyl (C=O) groups excluding carboxylic acids is 1. The molecule has 49 heavy (non-hydrogen) atoms. The fourth-order valence-corrected chi connectivity index (χ4v) is 6.45. The van der Waals surface area contributed by atoms with Gasteiger partial charge in [-0.15, -0.1) is 0 Å². The second-order valence-electron chi connectivity index (χ2n) is 11.6. The number of benzene rings is 2. The number of hydrogen-bond donors (Lipinski definition) is 3. The second kappa shape index (κ2) is 14.6. The van der Waals surface area contributed by atoms with Gasteiger partial charge in [0, 0.05) is 77.9 Å². The van der Waals surface area contributed by atoms with Gasteiger partial charge in [-0.2, -0.15) is 13.2 Å². The highest BCUT2D eigenvalue weighted by molar-refractivity contribution is 6.39. The molecule has 1 amide bonds. The van der Waals surface area contributed by atoms with E-state index in [0.29, 0.717) is 74.6 Å². The number of fused-ring (bicyclic) bond motifs is 1. The normalized spacial score (nSPS) is 14.7. The van der Waals surface area contributed by atoms with Crippen LogP contribution in [-0.4, -0.2) is 52.7 Å². The van der Waals surface area contributed by atoms with Crippen molar-refractivity contribution in [1.82, 2.24) is 30.3 Å². The molecule has 5 aromatic rings. The van der Waals surface area contributed by atoms with Crippen molar-refractivity contribution in [3.05, 3.63) is 105 Å². The molecule has 1 aliphatic rings. The van der Waals surface area contributed by atoms with Crippen molar-refractivity contribution >= 4 is 34.8 Å². The summed E-state index contributed by atoms with van der Waals surface area (Å²) in [6.07, 6.45) is -0.238. The molecule has 1 saturated heterocycles. The van der Waals surface area contributed by atoms with E-state index in [1.165, 1.54) is 16.8 Å². The van der Waals surface area contributed by atoms with Crippen LogP contribution in [0.5, 0.6) is 5.88 Å². The van der Waals surface area contributed by atoms with Crippen molar-refractivity contribution in [3.63, 3.8) is 0 Å². The number of methoxy groups -OCH3 is 1. The monoisotopic (exact) mass is 710 g/mol. The molecule has 4 heterocycles. The highest BCUT2D eigenvalue weighted by Gasteiger charge is 2.26. The average Bonchev–Trinajstić information content (AvgIpc) is 3.50. The first-order valence-electron chi connectivity index (χ1n) is 15.4. The number of ether oxygens (including phenoxy) is 1. The highest BCUT2D eigenvalue weighted by Crippen LogP contribution is 2.42. The SMILES string of the molecule is COc1nc(-c2cccc(-c3cccc(-c4ccn5c(=O)c(CNCC(F)(F)F)cnc5c4)c3Cl)c2Cl)ccc1CNCC1CCC(=O)N1. The summed E-state index contributed by atoms with van der Waals surface area (Å²) in [5.74, 6) is 0.527. The van der Waals surface area contributed by atoms with Crippen molar-refractivity contribution in [3.8, 4) is 39.4 Å². The Hall–Kier alpha value is -4.49. The van der Waals surface area contributed by atoms with Crippen LogP contribution < -0.4 is 26.2 Å². The van der Waals surface area contributed by atoms with E-state index in [4.69, 9.17) is 32.9 Å². The summed E-state index contributed by atoms with van der Waals surface area (Å²) >= 11 is 14.0. The summed E-state index contributed by atoms with van der Waals surface area (Å²) in [5.41, 5.74) is 4.82. The standard InChI is InChI=1S/C35H31Cl2F3N6O3/c1-49-33-21(15-41-18-23-9-11-30(47)44-23)8-10-28(45-33)27-7-3-6-26(32(27)37)25-5-2-4-24(31(25)36)20-12-13-46-29(14-20)43-17-22(34(46)48)16-42-19-35(38,39)40/h2-8,10,12-14,17,23,41-42H,9,11,15-16,18-19H2,1H3,(H,44,47). The minimum absolute atomic E-state index is 0.0730. The van der Waals surface area contributed by atoms with Gasteiger partial charge >= 0.3 is 6.18 Å². The Labute approximate surface area is 289 Å². The molecule has 2 aromatic carbocycles. The Balaban J connectivity index is 1.25. The molecular formula is C35H31Cl2F3N6O3. The number of nitrogens with one attached hydrogen (secondary N) is 3. The van der Waals surface area contributed by atoms with Crippen LogP contribution in [0.25, 0.3) is 39.2 Å². The molecular weight excluding hydrogens is 680 g/mol. The maximum atomic E-state index is 12.9. The lowest BCUT2D eigenvalue weighted by atomic mass is 9.97. The third-order valence-electron chi connectivity index (χ3n) is 8.22. The second-order valence-corrected chi connectivity index (χ2v) is 12.3. The lowest BCUT2D eigenvalue weighted by Crippen LogP contribution is -2.35. The van der Waals surface area contributed by atoms with Crippen molar-refractivity contribution in [2.24, 2.45) is 0 Å². The molecule has 0 spiro atoms. The minimum Gasteiger partial charge on any atom is -0.481 e. The number of halogens is 5.